The lowest BCUT2D eigenvalue weighted by atomic mass is 9.91. The van der Waals surface area contributed by atoms with Gasteiger partial charge in [0.1, 0.15) is 0 Å². The first-order valence-electron chi connectivity index (χ1n) is 18.7. The highest BCUT2D eigenvalue weighted by molar-refractivity contribution is 5.95. The molecule has 262 valence electrons. The monoisotopic (exact) mass is 715 g/mol. The quantitative estimate of drug-likeness (QED) is 0.164. The van der Waals surface area contributed by atoms with Crippen molar-refractivity contribution >= 4 is 21.8 Å². The predicted molar refractivity (Wildman–Crippen MR) is 228 cm³/mol. The summed E-state index contributed by atoms with van der Waals surface area (Å²) < 4.78 is 0. The van der Waals surface area contributed by atoms with Crippen molar-refractivity contribution in [2.75, 3.05) is 0 Å². The molecule has 0 aliphatic rings. The van der Waals surface area contributed by atoms with Gasteiger partial charge in [-0.3, -0.25) is 4.98 Å². The van der Waals surface area contributed by atoms with Crippen molar-refractivity contribution in [1.82, 2.24) is 24.9 Å². The van der Waals surface area contributed by atoms with Crippen molar-refractivity contribution < 1.29 is 0 Å². The summed E-state index contributed by atoms with van der Waals surface area (Å²) in [7, 11) is 0. The molecule has 0 atom stereocenters. The lowest BCUT2D eigenvalue weighted by Gasteiger charge is -2.15. The smallest absolute Gasteiger partial charge is 0.160 e. The van der Waals surface area contributed by atoms with Crippen LogP contribution in [-0.4, -0.2) is 24.9 Å². The Labute approximate surface area is 324 Å². The van der Waals surface area contributed by atoms with Gasteiger partial charge in [-0.05, 0) is 64.7 Å². The minimum atomic E-state index is 0.679. The molecular formula is C51H33N5. The van der Waals surface area contributed by atoms with Gasteiger partial charge in [-0.15, -0.1) is 0 Å². The maximum atomic E-state index is 5.17. The van der Waals surface area contributed by atoms with Crippen LogP contribution in [0.5, 0.6) is 0 Å². The molecule has 56 heavy (non-hydrogen) atoms. The first kappa shape index (κ1) is 33.0. The molecule has 0 amide bonds. The predicted octanol–water partition coefficient (Wildman–Crippen LogP) is 12.6. The molecule has 5 heteroatoms. The third-order valence-corrected chi connectivity index (χ3v) is 10.1. The largest absolute Gasteiger partial charge is 0.256 e. The number of hydrogen-bond acceptors (Lipinski definition) is 5. The Morgan fingerprint density at radius 2 is 0.768 bits per heavy atom. The fourth-order valence-electron chi connectivity index (χ4n) is 7.42. The average molecular weight is 716 g/mol. The number of benzene rings is 7. The van der Waals surface area contributed by atoms with Gasteiger partial charge >= 0.3 is 0 Å². The van der Waals surface area contributed by atoms with Crippen LogP contribution in [-0.2, 0) is 0 Å². The van der Waals surface area contributed by atoms with Crippen LogP contribution in [0.15, 0.2) is 200 Å². The van der Waals surface area contributed by atoms with E-state index in [2.05, 4.69) is 121 Å². The molecule has 0 bridgehead atoms. The summed E-state index contributed by atoms with van der Waals surface area (Å²) in [6, 6.07) is 66.7. The third-order valence-electron chi connectivity index (χ3n) is 10.1. The highest BCUT2D eigenvalue weighted by Gasteiger charge is 2.16. The molecular weight excluding hydrogens is 683 g/mol. The van der Waals surface area contributed by atoms with E-state index in [9.17, 15) is 0 Å². The molecule has 0 radical (unpaired) electrons. The van der Waals surface area contributed by atoms with Crippen LogP contribution in [0.1, 0.15) is 0 Å². The molecule has 0 N–H and O–H groups in total. The van der Waals surface area contributed by atoms with Gasteiger partial charge in [-0.2, -0.15) is 0 Å². The van der Waals surface area contributed by atoms with E-state index in [4.69, 9.17) is 24.9 Å². The number of nitrogens with zero attached hydrogens (tertiary/aromatic N) is 5. The van der Waals surface area contributed by atoms with E-state index in [1.807, 2.05) is 79.0 Å². The molecule has 0 unspecified atom stereocenters. The minimum Gasteiger partial charge on any atom is -0.256 e. The lowest BCUT2D eigenvalue weighted by Crippen LogP contribution is -1.96. The Balaban J connectivity index is 1.10. The van der Waals surface area contributed by atoms with E-state index in [1.165, 1.54) is 0 Å². The van der Waals surface area contributed by atoms with Gasteiger partial charge in [0.2, 0.25) is 0 Å². The second-order valence-electron chi connectivity index (χ2n) is 13.7. The first-order chi connectivity index (χ1) is 27.7. The summed E-state index contributed by atoms with van der Waals surface area (Å²) >= 11 is 0. The summed E-state index contributed by atoms with van der Waals surface area (Å²) in [5.41, 5.74) is 13.8. The number of hydrogen-bond donors (Lipinski definition) is 0. The third kappa shape index (κ3) is 6.27. The molecule has 0 aliphatic heterocycles. The molecule has 0 saturated heterocycles. The Morgan fingerprint density at radius 3 is 1.36 bits per heavy atom. The van der Waals surface area contributed by atoms with Gasteiger partial charge in [-0.1, -0.05) is 152 Å². The van der Waals surface area contributed by atoms with Gasteiger partial charge in [0.15, 0.2) is 11.6 Å². The number of fused-ring (bicyclic) bond motifs is 2. The lowest BCUT2D eigenvalue weighted by molar-refractivity contribution is 1.23. The summed E-state index contributed by atoms with van der Waals surface area (Å²) in [5.74, 6) is 1.37. The molecule has 10 rings (SSSR count). The number of pyridine rings is 1. The van der Waals surface area contributed by atoms with Crippen molar-refractivity contribution in [3.8, 4) is 78.8 Å². The molecule has 7 aromatic carbocycles. The van der Waals surface area contributed by atoms with Crippen molar-refractivity contribution in [2.24, 2.45) is 0 Å². The van der Waals surface area contributed by atoms with Crippen LogP contribution in [0.4, 0.5) is 0 Å². The number of aromatic nitrogens is 5. The molecule has 10 aromatic rings. The molecule has 0 aliphatic carbocycles. The van der Waals surface area contributed by atoms with E-state index in [-0.39, 0.29) is 0 Å². The van der Waals surface area contributed by atoms with Gasteiger partial charge in [-0.25, -0.2) is 19.9 Å². The summed E-state index contributed by atoms with van der Waals surface area (Å²) in [4.78, 5) is 25.2. The number of rotatable bonds is 7. The summed E-state index contributed by atoms with van der Waals surface area (Å²) in [5, 5.41) is 2.05. The highest BCUT2D eigenvalue weighted by Crippen LogP contribution is 2.38. The van der Waals surface area contributed by atoms with Crippen LogP contribution in [0.25, 0.3) is 101 Å². The van der Waals surface area contributed by atoms with Gasteiger partial charge < -0.3 is 0 Å². The van der Waals surface area contributed by atoms with Crippen molar-refractivity contribution in [1.29, 1.82) is 0 Å². The van der Waals surface area contributed by atoms with Crippen LogP contribution in [0.3, 0.4) is 0 Å². The SMILES string of the molecule is c1ccc(-c2nc(-c3cccc(-c4ccc(-c5ccccn5)c(-c5cccc(-c6nc(-c7ccccc7)c7ccccc7n6)c5)c4)c3)nc3ccccc23)cc1. The molecule has 0 spiro atoms. The van der Waals surface area contributed by atoms with E-state index in [0.29, 0.717) is 11.6 Å². The zero-order valence-corrected chi connectivity index (χ0v) is 30.3. The molecule has 0 fully saturated rings. The summed E-state index contributed by atoms with van der Waals surface area (Å²) in [6.07, 6.45) is 1.84. The average Bonchev–Trinajstić information content (AvgIpc) is 3.29. The Morgan fingerprint density at radius 1 is 0.286 bits per heavy atom. The van der Waals surface area contributed by atoms with E-state index in [1.54, 1.807) is 0 Å². The Hall–Kier alpha value is -7.63. The second-order valence-corrected chi connectivity index (χ2v) is 13.7. The van der Waals surface area contributed by atoms with Gasteiger partial charge in [0.25, 0.3) is 0 Å². The zero-order chi connectivity index (χ0) is 37.3. The topological polar surface area (TPSA) is 64.5 Å². The standard InChI is InChI=1S/C51H33N5/c1-3-15-34(16-4-1)48-42-23-7-9-26-46(42)53-50(55-48)39-21-13-19-36(31-39)37-28-29-41(45-25-11-12-30-52-45)44(33-37)38-20-14-22-40(32-38)51-54-47-27-10-8-24-43(47)49(56-51)35-17-5-2-6-18-35/h1-33H. The van der Waals surface area contributed by atoms with Crippen LogP contribution >= 0.6 is 0 Å². The van der Waals surface area contributed by atoms with E-state index >= 15 is 0 Å². The fourth-order valence-corrected chi connectivity index (χ4v) is 7.42. The van der Waals surface area contributed by atoms with Gasteiger partial charge in [0, 0.05) is 44.8 Å². The van der Waals surface area contributed by atoms with Crippen molar-refractivity contribution in [3.05, 3.63) is 200 Å². The van der Waals surface area contributed by atoms with Crippen LogP contribution in [0.2, 0.25) is 0 Å². The molecule has 3 heterocycles. The zero-order valence-electron chi connectivity index (χ0n) is 30.3. The highest BCUT2D eigenvalue weighted by atomic mass is 14.9. The van der Waals surface area contributed by atoms with Crippen LogP contribution < -0.4 is 0 Å². The first-order valence-corrected chi connectivity index (χ1v) is 18.7. The molecule has 0 saturated carbocycles. The van der Waals surface area contributed by atoms with E-state index in [0.717, 1.165) is 89.0 Å². The Kier molecular flexibility index (Phi) is 8.43. The summed E-state index contributed by atoms with van der Waals surface area (Å²) in [6.45, 7) is 0. The van der Waals surface area contributed by atoms with Gasteiger partial charge in [0.05, 0.1) is 28.1 Å². The maximum Gasteiger partial charge on any atom is 0.160 e. The molecule has 3 aromatic heterocycles. The normalized spacial score (nSPS) is 11.2. The maximum absolute atomic E-state index is 5.17. The van der Waals surface area contributed by atoms with E-state index < -0.39 is 0 Å². The molecule has 5 nitrogen and oxygen atoms in total. The minimum absolute atomic E-state index is 0.679. The van der Waals surface area contributed by atoms with Crippen LogP contribution in [0, 0.1) is 0 Å². The fraction of sp³-hybridized carbons (Fsp3) is 0. The van der Waals surface area contributed by atoms with Crippen molar-refractivity contribution in [2.45, 2.75) is 0 Å². The second kappa shape index (κ2) is 14.3. The number of para-hydroxylation sites is 2. The van der Waals surface area contributed by atoms with Crippen molar-refractivity contribution in [3.63, 3.8) is 0 Å². The Bertz CT molecular complexity index is 3020.